The normalized spacial score (nSPS) is 12.4. The summed E-state index contributed by atoms with van der Waals surface area (Å²) in [6.07, 6.45) is -0.680. The molecule has 3 aromatic rings. The van der Waals surface area contributed by atoms with Gasteiger partial charge in [-0.25, -0.2) is 0 Å². The Bertz CT molecular complexity index is 1060. The minimum Gasteiger partial charge on any atom is -0.481 e. The molecule has 1 aromatic heterocycles. The highest BCUT2D eigenvalue weighted by atomic mass is 35.5. The van der Waals surface area contributed by atoms with E-state index < -0.39 is 6.10 Å². The molecule has 0 aliphatic heterocycles. The lowest BCUT2D eigenvalue weighted by molar-refractivity contribution is -0.122. The van der Waals surface area contributed by atoms with E-state index in [1.807, 2.05) is 32.9 Å². The summed E-state index contributed by atoms with van der Waals surface area (Å²) in [6.45, 7) is 7.51. The number of nitrogens with one attached hydrogen (secondary N) is 1. The SMILES string of the molecule is Cc1cc(O[C@@H](C)C(=O)Nc2ccc3c(c2)sc(=O)n3C(C)C)ccc1Cl. The first-order valence-electron chi connectivity index (χ1n) is 8.65. The third-order valence-electron chi connectivity index (χ3n) is 4.21. The summed E-state index contributed by atoms with van der Waals surface area (Å²) in [5.74, 6) is 0.319. The van der Waals surface area contributed by atoms with E-state index in [4.69, 9.17) is 16.3 Å². The van der Waals surface area contributed by atoms with Crippen LogP contribution in [0.3, 0.4) is 0 Å². The fourth-order valence-corrected chi connectivity index (χ4v) is 3.97. The molecule has 0 spiro atoms. The Labute approximate surface area is 166 Å². The van der Waals surface area contributed by atoms with Crippen LogP contribution in [0.2, 0.25) is 5.02 Å². The van der Waals surface area contributed by atoms with E-state index >= 15 is 0 Å². The van der Waals surface area contributed by atoms with Gasteiger partial charge in [0.25, 0.3) is 5.91 Å². The van der Waals surface area contributed by atoms with Gasteiger partial charge in [-0.2, -0.15) is 0 Å². The highest BCUT2D eigenvalue weighted by molar-refractivity contribution is 7.16. The Hall–Kier alpha value is -2.31. The molecule has 1 atom stereocenters. The predicted molar refractivity (Wildman–Crippen MR) is 111 cm³/mol. The average Bonchev–Trinajstić information content (AvgIpc) is 2.93. The lowest BCUT2D eigenvalue weighted by Crippen LogP contribution is -2.30. The molecule has 0 fully saturated rings. The van der Waals surface area contributed by atoms with Crippen molar-refractivity contribution in [3.8, 4) is 5.75 Å². The number of halogens is 1. The Morgan fingerprint density at radius 2 is 1.93 bits per heavy atom. The molecule has 1 heterocycles. The van der Waals surface area contributed by atoms with Crippen LogP contribution in [0.1, 0.15) is 32.4 Å². The quantitative estimate of drug-likeness (QED) is 0.650. The molecule has 0 radical (unpaired) electrons. The van der Waals surface area contributed by atoms with Crippen LogP contribution in [0.25, 0.3) is 10.2 Å². The van der Waals surface area contributed by atoms with E-state index in [2.05, 4.69) is 5.32 Å². The Kier molecular flexibility index (Phi) is 5.58. The standard InChI is InChI=1S/C20H21ClN2O3S/c1-11(2)23-17-8-5-14(10-18(17)27-20(23)25)22-19(24)13(4)26-15-6-7-16(21)12(3)9-15/h5-11,13H,1-4H3,(H,22,24)/t13-/m0/s1. The van der Waals surface area contributed by atoms with Crippen LogP contribution in [0.5, 0.6) is 5.75 Å². The Balaban J connectivity index is 1.75. The van der Waals surface area contributed by atoms with E-state index in [9.17, 15) is 9.59 Å². The first kappa shape index (κ1) is 19.5. The van der Waals surface area contributed by atoms with Gasteiger partial charge in [-0.05, 0) is 69.7 Å². The number of fused-ring (bicyclic) bond motifs is 1. The van der Waals surface area contributed by atoms with Gasteiger partial charge in [-0.1, -0.05) is 22.9 Å². The van der Waals surface area contributed by atoms with Crippen molar-refractivity contribution in [2.45, 2.75) is 39.8 Å². The molecule has 2 aromatic carbocycles. The molecule has 0 aliphatic carbocycles. The maximum atomic E-state index is 12.5. The van der Waals surface area contributed by atoms with Crippen LogP contribution in [0.4, 0.5) is 5.69 Å². The fourth-order valence-electron chi connectivity index (χ4n) is 2.80. The summed E-state index contributed by atoms with van der Waals surface area (Å²) in [6, 6.07) is 10.8. The molecule has 0 bridgehead atoms. The van der Waals surface area contributed by atoms with E-state index in [1.165, 1.54) is 11.3 Å². The van der Waals surface area contributed by atoms with Gasteiger partial charge in [-0.3, -0.25) is 14.2 Å². The van der Waals surface area contributed by atoms with Crippen molar-refractivity contribution < 1.29 is 9.53 Å². The second kappa shape index (κ2) is 7.74. The number of anilines is 1. The van der Waals surface area contributed by atoms with Crippen LogP contribution in [0.15, 0.2) is 41.2 Å². The number of amides is 1. The summed E-state index contributed by atoms with van der Waals surface area (Å²) in [5, 5.41) is 3.50. The third-order valence-corrected chi connectivity index (χ3v) is 5.55. The number of carbonyl (C=O) groups is 1. The van der Waals surface area contributed by atoms with Gasteiger partial charge in [0.2, 0.25) is 0 Å². The zero-order valence-corrected chi connectivity index (χ0v) is 17.1. The number of nitrogens with zero attached hydrogens (tertiary/aromatic N) is 1. The van der Waals surface area contributed by atoms with Gasteiger partial charge >= 0.3 is 4.87 Å². The monoisotopic (exact) mass is 404 g/mol. The molecule has 1 amide bonds. The van der Waals surface area contributed by atoms with E-state index in [0.717, 1.165) is 15.8 Å². The summed E-state index contributed by atoms with van der Waals surface area (Å²) in [4.78, 5) is 24.6. The van der Waals surface area contributed by atoms with Crippen LogP contribution in [-0.2, 0) is 4.79 Å². The lowest BCUT2D eigenvalue weighted by Gasteiger charge is -2.15. The fraction of sp³-hybridized carbons (Fsp3) is 0.300. The Morgan fingerprint density at radius 1 is 1.19 bits per heavy atom. The smallest absolute Gasteiger partial charge is 0.308 e. The van der Waals surface area contributed by atoms with Gasteiger partial charge in [-0.15, -0.1) is 0 Å². The highest BCUT2D eigenvalue weighted by Crippen LogP contribution is 2.25. The molecular weight excluding hydrogens is 384 g/mol. The number of hydrogen-bond donors (Lipinski definition) is 1. The molecule has 142 valence electrons. The highest BCUT2D eigenvalue weighted by Gasteiger charge is 2.17. The van der Waals surface area contributed by atoms with Gasteiger partial charge in [0.05, 0.1) is 10.2 Å². The number of benzene rings is 2. The van der Waals surface area contributed by atoms with Gasteiger partial charge in [0.1, 0.15) is 5.75 Å². The van der Waals surface area contributed by atoms with Crippen molar-refractivity contribution in [2.75, 3.05) is 5.32 Å². The van der Waals surface area contributed by atoms with Gasteiger partial charge in [0.15, 0.2) is 6.10 Å². The van der Waals surface area contributed by atoms with E-state index in [0.29, 0.717) is 16.5 Å². The summed E-state index contributed by atoms with van der Waals surface area (Å²) in [7, 11) is 0. The Morgan fingerprint density at radius 3 is 2.59 bits per heavy atom. The molecule has 0 aliphatic rings. The van der Waals surface area contributed by atoms with Crippen molar-refractivity contribution in [3.63, 3.8) is 0 Å². The summed E-state index contributed by atoms with van der Waals surface area (Å²) < 4.78 is 8.30. The molecule has 0 saturated carbocycles. The van der Waals surface area contributed by atoms with Gasteiger partial charge in [0, 0.05) is 16.8 Å². The maximum absolute atomic E-state index is 12.5. The molecule has 5 nitrogen and oxygen atoms in total. The number of hydrogen-bond acceptors (Lipinski definition) is 4. The zero-order chi connectivity index (χ0) is 19.7. The second-order valence-corrected chi connectivity index (χ2v) is 8.07. The minimum absolute atomic E-state index is 0.00159. The molecule has 3 rings (SSSR count). The first-order valence-corrected chi connectivity index (χ1v) is 9.84. The summed E-state index contributed by atoms with van der Waals surface area (Å²) in [5.41, 5.74) is 2.39. The first-order chi connectivity index (χ1) is 12.8. The lowest BCUT2D eigenvalue weighted by atomic mass is 10.2. The van der Waals surface area contributed by atoms with Crippen molar-refractivity contribution in [2.24, 2.45) is 0 Å². The molecule has 27 heavy (non-hydrogen) atoms. The zero-order valence-electron chi connectivity index (χ0n) is 15.6. The minimum atomic E-state index is -0.680. The number of rotatable bonds is 5. The number of thiazole rings is 1. The number of ether oxygens (including phenoxy) is 1. The topological polar surface area (TPSA) is 60.3 Å². The van der Waals surface area contributed by atoms with Crippen molar-refractivity contribution >= 4 is 44.7 Å². The molecule has 0 unspecified atom stereocenters. The van der Waals surface area contributed by atoms with Crippen LogP contribution >= 0.6 is 22.9 Å². The van der Waals surface area contributed by atoms with Crippen molar-refractivity contribution in [3.05, 3.63) is 56.7 Å². The third kappa shape index (κ3) is 4.17. The molecule has 1 N–H and O–H groups in total. The van der Waals surface area contributed by atoms with E-state index in [-0.39, 0.29) is 16.8 Å². The maximum Gasteiger partial charge on any atom is 0.308 e. The van der Waals surface area contributed by atoms with E-state index in [1.54, 1.807) is 35.8 Å². The van der Waals surface area contributed by atoms with Crippen LogP contribution in [-0.4, -0.2) is 16.6 Å². The number of aromatic nitrogens is 1. The van der Waals surface area contributed by atoms with Crippen LogP contribution in [0, 0.1) is 6.92 Å². The average molecular weight is 405 g/mol. The molecular formula is C20H21ClN2O3S. The predicted octanol–water partition coefficient (Wildman–Crippen LogP) is 5.01. The number of carbonyl (C=O) groups excluding carboxylic acids is 1. The molecule has 7 heteroatoms. The number of aryl methyl sites for hydroxylation is 1. The van der Waals surface area contributed by atoms with Gasteiger partial charge < -0.3 is 10.1 Å². The summed E-state index contributed by atoms with van der Waals surface area (Å²) >= 11 is 7.18. The second-order valence-electron chi connectivity index (χ2n) is 6.67. The molecule has 0 saturated heterocycles. The van der Waals surface area contributed by atoms with Crippen LogP contribution < -0.4 is 14.9 Å². The van der Waals surface area contributed by atoms with Crippen molar-refractivity contribution in [1.82, 2.24) is 4.57 Å². The van der Waals surface area contributed by atoms with Crippen molar-refractivity contribution in [1.29, 1.82) is 0 Å². The largest absolute Gasteiger partial charge is 0.481 e.